The Morgan fingerprint density at radius 3 is 2.76 bits per heavy atom. The topological polar surface area (TPSA) is 72.4 Å². The van der Waals surface area contributed by atoms with E-state index in [0.717, 1.165) is 5.39 Å². The fraction of sp³-hybridized carbons (Fsp3) is 0.176. The van der Waals surface area contributed by atoms with Gasteiger partial charge in [-0.2, -0.15) is 4.98 Å². The molecule has 0 aliphatic carbocycles. The van der Waals surface area contributed by atoms with E-state index in [-0.39, 0.29) is 15.9 Å². The van der Waals surface area contributed by atoms with Crippen LogP contribution in [0.4, 0.5) is 11.5 Å². The lowest BCUT2D eigenvalue weighted by Gasteiger charge is -2.31. The van der Waals surface area contributed by atoms with E-state index in [9.17, 15) is 8.42 Å². The van der Waals surface area contributed by atoms with E-state index in [0.29, 0.717) is 29.3 Å². The summed E-state index contributed by atoms with van der Waals surface area (Å²) >= 11 is 6.09. The second-order valence-corrected chi connectivity index (χ2v) is 8.05. The lowest BCUT2D eigenvalue weighted by molar-refractivity contribution is 0.413. The number of hydrogen-bond acceptors (Lipinski definition) is 6. The van der Waals surface area contributed by atoms with Crippen molar-refractivity contribution in [2.45, 2.75) is 4.90 Å². The summed E-state index contributed by atoms with van der Waals surface area (Å²) in [6, 6.07) is 12.5. The van der Waals surface area contributed by atoms with Crippen LogP contribution in [0.25, 0.3) is 10.9 Å². The van der Waals surface area contributed by atoms with Gasteiger partial charge in [0.2, 0.25) is 5.28 Å². The third-order valence-electron chi connectivity index (χ3n) is 4.19. The normalized spacial score (nSPS) is 15.8. The van der Waals surface area contributed by atoms with Crippen molar-refractivity contribution < 1.29 is 13.2 Å². The molecule has 1 aliphatic heterocycles. The zero-order valence-electron chi connectivity index (χ0n) is 13.3. The number of ether oxygens (including phenoxy) is 1. The number of sulfone groups is 1. The molecule has 128 valence electrons. The van der Waals surface area contributed by atoms with Crippen LogP contribution in [0.5, 0.6) is 5.75 Å². The standard InChI is InChI=1S/C17H14ClN3O3S/c1-24-11-6-7-14-15(10-11)25(22,23)9-8-21(14)16-12-4-2-3-5-13(12)19-17(18)20-16/h2-7,10H,8-9H2,1H3. The molecule has 0 N–H and O–H groups in total. The highest BCUT2D eigenvalue weighted by Gasteiger charge is 2.31. The number of anilines is 2. The van der Waals surface area contributed by atoms with Crippen LogP contribution in [-0.4, -0.2) is 37.8 Å². The molecule has 2 aromatic carbocycles. The molecule has 0 saturated carbocycles. The number of benzene rings is 2. The van der Waals surface area contributed by atoms with Crippen LogP contribution in [-0.2, 0) is 9.84 Å². The van der Waals surface area contributed by atoms with Gasteiger partial charge in [0.1, 0.15) is 11.6 Å². The lowest BCUT2D eigenvalue weighted by Crippen LogP contribution is -2.32. The molecular weight excluding hydrogens is 362 g/mol. The van der Waals surface area contributed by atoms with Crippen molar-refractivity contribution in [2.75, 3.05) is 24.3 Å². The molecule has 0 spiro atoms. The maximum Gasteiger partial charge on any atom is 0.224 e. The first kappa shape index (κ1) is 16.1. The van der Waals surface area contributed by atoms with Crippen LogP contribution in [0.3, 0.4) is 0 Å². The number of para-hydroxylation sites is 1. The van der Waals surface area contributed by atoms with Gasteiger partial charge >= 0.3 is 0 Å². The Bertz CT molecular complexity index is 1090. The van der Waals surface area contributed by atoms with Crippen molar-refractivity contribution in [3.63, 3.8) is 0 Å². The predicted octanol–water partition coefficient (Wildman–Crippen LogP) is 3.22. The molecule has 0 bridgehead atoms. The average molecular weight is 376 g/mol. The van der Waals surface area contributed by atoms with Crippen LogP contribution in [0.1, 0.15) is 0 Å². The highest BCUT2D eigenvalue weighted by Crippen LogP contribution is 2.39. The third kappa shape index (κ3) is 2.69. The summed E-state index contributed by atoms with van der Waals surface area (Å²) in [5.41, 5.74) is 1.27. The van der Waals surface area contributed by atoms with Crippen LogP contribution in [0, 0.1) is 0 Å². The number of methoxy groups -OCH3 is 1. The number of rotatable bonds is 2. The SMILES string of the molecule is COc1ccc2c(c1)S(=O)(=O)CCN2c1nc(Cl)nc2ccccc12. The number of halogens is 1. The molecule has 0 saturated heterocycles. The number of fused-ring (bicyclic) bond motifs is 2. The van der Waals surface area contributed by atoms with Gasteiger partial charge in [-0.25, -0.2) is 13.4 Å². The molecule has 0 radical (unpaired) electrons. The monoisotopic (exact) mass is 375 g/mol. The largest absolute Gasteiger partial charge is 0.497 e. The van der Waals surface area contributed by atoms with Crippen LogP contribution < -0.4 is 9.64 Å². The Morgan fingerprint density at radius 2 is 1.96 bits per heavy atom. The highest BCUT2D eigenvalue weighted by molar-refractivity contribution is 7.91. The van der Waals surface area contributed by atoms with Gasteiger partial charge < -0.3 is 9.64 Å². The minimum atomic E-state index is -3.38. The van der Waals surface area contributed by atoms with Crippen molar-refractivity contribution in [2.24, 2.45) is 0 Å². The van der Waals surface area contributed by atoms with Gasteiger partial charge in [-0.05, 0) is 35.9 Å². The van der Waals surface area contributed by atoms with Crippen molar-refractivity contribution in [3.05, 3.63) is 47.7 Å². The Kier molecular flexibility index (Phi) is 3.77. The smallest absolute Gasteiger partial charge is 0.224 e. The lowest BCUT2D eigenvalue weighted by atomic mass is 10.2. The van der Waals surface area contributed by atoms with Crippen LogP contribution >= 0.6 is 11.6 Å². The number of nitrogens with zero attached hydrogens (tertiary/aromatic N) is 3. The zero-order valence-corrected chi connectivity index (χ0v) is 14.9. The predicted molar refractivity (Wildman–Crippen MR) is 96.6 cm³/mol. The van der Waals surface area contributed by atoms with Gasteiger partial charge in [0.15, 0.2) is 9.84 Å². The van der Waals surface area contributed by atoms with Gasteiger partial charge in [0.25, 0.3) is 0 Å². The fourth-order valence-corrected chi connectivity index (χ4v) is 4.60. The van der Waals surface area contributed by atoms with Crippen molar-refractivity contribution >= 4 is 43.8 Å². The molecule has 3 aromatic rings. The van der Waals surface area contributed by atoms with Gasteiger partial charge in [0, 0.05) is 18.0 Å². The second-order valence-electron chi connectivity index (χ2n) is 5.64. The van der Waals surface area contributed by atoms with E-state index in [1.807, 2.05) is 29.2 Å². The van der Waals surface area contributed by atoms with Crippen molar-refractivity contribution in [1.82, 2.24) is 9.97 Å². The molecule has 25 heavy (non-hydrogen) atoms. The quantitative estimate of drug-likeness (QED) is 0.640. The molecule has 0 amide bonds. The summed E-state index contributed by atoms with van der Waals surface area (Å²) in [6.45, 7) is 0.291. The Morgan fingerprint density at radius 1 is 1.16 bits per heavy atom. The summed E-state index contributed by atoms with van der Waals surface area (Å²) in [4.78, 5) is 10.7. The molecule has 1 aliphatic rings. The molecule has 6 nitrogen and oxygen atoms in total. The Hall–Kier alpha value is -2.38. The first-order valence-corrected chi connectivity index (χ1v) is 9.63. The molecule has 4 rings (SSSR count). The third-order valence-corrected chi connectivity index (χ3v) is 6.07. The molecule has 2 heterocycles. The first-order valence-electron chi connectivity index (χ1n) is 7.60. The summed E-state index contributed by atoms with van der Waals surface area (Å²) in [7, 11) is -1.87. The molecule has 0 fully saturated rings. The molecule has 0 unspecified atom stereocenters. The van der Waals surface area contributed by atoms with E-state index in [4.69, 9.17) is 16.3 Å². The molecule has 0 atom stereocenters. The molecule has 1 aromatic heterocycles. The van der Waals surface area contributed by atoms with Gasteiger partial charge in [-0.1, -0.05) is 12.1 Å². The van der Waals surface area contributed by atoms with Crippen LogP contribution in [0.2, 0.25) is 5.28 Å². The number of aromatic nitrogens is 2. The van der Waals surface area contributed by atoms with E-state index >= 15 is 0 Å². The molecule has 8 heteroatoms. The summed E-state index contributed by atoms with van der Waals surface area (Å²) < 4.78 is 30.2. The Labute approximate surface area is 150 Å². The summed E-state index contributed by atoms with van der Waals surface area (Å²) in [5, 5.41) is 0.935. The minimum absolute atomic E-state index is 0.0108. The van der Waals surface area contributed by atoms with Gasteiger partial charge in [-0.15, -0.1) is 0 Å². The average Bonchev–Trinajstić information content (AvgIpc) is 2.61. The van der Waals surface area contributed by atoms with Crippen molar-refractivity contribution in [1.29, 1.82) is 0 Å². The van der Waals surface area contributed by atoms with Crippen molar-refractivity contribution in [3.8, 4) is 5.75 Å². The second kappa shape index (κ2) is 5.86. The number of hydrogen-bond donors (Lipinski definition) is 0. The summed E-state index contributed by atoms with van der Waals surface area (Å²) in [5.74, 6) is 1.08. The van der Waals surface area contributed by atoms with Crippen LogP contribution in [0.15, 0.2) is 47.4 Å². The Balaban J connectivity index is 1.97. The van der Waals surface area contributed by atoms with Gasteiger partial charge in [-0.3, -0.25) is 0 Å². The zero-order chi connectivity index (χ0) is 17.6. The fourth-order valence-electron chi connectivity index (χ4n) is 2.99. The van der Waals surface area contributed by atoms with E-state index < -0.39 is 9.84 Å². The van der Waals surface area contributed by atoms with E-state index in [1.165, 1.54) is 7.11 Å². The maximum absolute atomic E-state index is 12.5. The first-order chi connectivity index (χ1) is 12.0. The maximum atomic E-state index is 12.5. The molecular formula is C17H14ClN3O3S. The van der Waals surface area contributed by atoms with E-state index in [1.54, 1.807) is 18.2 Å². The summed E-state index contributed by atoms with van der Waals surface area (Å²) in [6.07, 6.45) is 0. The minimum Gasteiger partial charge on any atom is -0.497 e. The van der Waals surface area contributed by atoms with Gasteiger partial charge in [0.05, 0.1) is 29.0 Å². The van der Waals surface area contributed by atoms with E-state index in [2.05, 4.69) is 9.97 Å². The highest BCUT2D eigenvalue weighted by atomic mass is 35.5.